The monoisotopic (exact) mass is 367 g/mol. The number of nitrogens with one attached hydrogen (secondary N) is 1. The average molecular weight is 368 g/mol. The van der Waals surface area contributed by atoms with Crippen LogP contribution in [-0.4, -0.2) is 19.1 Å². The lowest BCUT2D eigenvalue weighted by molar-refractivity contribution is -0.123. The van der Waals surface area contributed by atoms with E-state index in [1.54, 1.807) is 30.3 Å². The molecule has 0 aliphatic heterocycles. The van der Waals surface area contributed by atoms with E-state index in [0.717, 1.165) is 18.4 Å². The Morgan fingerprint density at radius 1 is 1.17 bits per heavy atom. The third kappa shape index (κ3) is 4.00. The summed E-state index contributed by atoms with van der Waals surface area (Å²) < 4.78 is 18.4. The van der Waals surface area contributed by atoms with Crippen LogP contribution in [-0.2, 0) is 10.2 Å². The van der Waals surface area contributed by atoms with Crippen LogP contribution >= 0.6 is 23.2 Å². The van der Waals surface area contributed by atoms with Gasteiger partial charge in [-0.1, -0.05) is 35.3 Å². The predicted octanol–water partition coefficient (Wildman–Crippen LogP) is 4.36. The zero-order valence-electron chi connectivity index (χ0n) is 12.8. The molecular weight excluding hydrogens is 352 g/mol. The molecule has 2 aromatic carbocycles. The quantitative estimate of drug-likeness (QED) is 0.823. The molecule has 0 atom stereocenters. The van der Waals surface area contributed by atoms with Crippen molar-refractivity contribution in [2.45, 2.75) is 18.3 Å². The fraction of sp³-hybridized carbons (Fsp3) is 0.278. The van der Waals surface area contributed by atoms with E-state index in [2.05, 4.69) is 5.32 Å². The van der Waals surface area contributed by atoms with E-state index >= 15 is 0 Å². The van der Waals surface area contributed by atoms with Gasteiger partial charge in [0.1, 0.15) is 11.6 Å². The van der Waals surface area contributed by atoms with E-state index in [1.807, 2.05) is 0 Å². The second kappa shape index (κ2) is 6.99. The van der Waals surface area contributed by atoms with Gasteiger partial charge in [-0.05, 0) is 48.7 Å². The molecule has 0 bridgehead atoms. The van der Waals surface area contributed by atoms with Crippen molar-refractivity contribution in [2.24, 2.45) is 0 Å². The standard InChI is InChI=1S/C18H16Cl2FNO2/c19-13-3-6-16(15(20)9-13)24-10-17(23)22-11-18(7-8-18)12-1-4-14(21)5-2-12/h1-6,9H,7-8,10-11H2,(H,22,23). The smallest absolute Gasteiger partial charge is 0.257 e. The molecule has 3 rings (SSSR count). The van der Waals surface area contributed by atoms with Crippen molar-refractivity contribution in [1.29, 1.82) is 0 Å². The number of carbonyl (C=O) groups excluding carboxylic acids is 1. The van der Waals surface area contributed by atoms with Crippen molar-refractivity contribution in [3.05, 3.63) is 63.9 Å². The molecule has 24 heavy (non-hydrogen) atoms. The van der Waals surface area contributed by atoms with Gasteiger partial charge < -0.3 is 10.1 Å². The first-order chi connectivity index (χ1) is 11.5. The molecule has 1 saturated carbocycles. The van der Waals surface area contributed by atoms with Gasteiger partial charge in [0.25, 0.3) is 5.91 Å². The molecule has 1 fully saturated rings. The summed E-state index contributed by atoms with van der Waals surface area (Å²) in [4.78, 5) is 12.0. The average Bonchev–Trinajstić information content (AvgIpc) is 3.34. The van der Waals surface area contributed by atoms with Crippen molar-refractivity contribution in [3.63, 3.8) is 0 Å². The maximum absolute atomic E-state index is 13.0. The highest BCUT2D eigenvalue weighted by atomic mass is 35.5. The van der Waals surface area contributed by atoms with Crippen LogP contribution < -0.4 is 10.1 Å². The van der Waals surface area contributed by atoms with Gasteiger partial charge in [0.05, 0.1) is 5.02 Å². The van der Waals surface area contributed by atoms with Gasteiger partial charge in [-0.3, -0.25) is 4.79 Å². The van der Waals surface area contributed by atoms with Crippen molar-refractivity contribution in [1.82, 2.24) is 5.32 Å². The van der Waals surface area contributed by atoms with Crippen molar-refractivity contribution in [3.8, 4) is 5.75 Å². The molecule has 0 aromatic heterocycles. The molecule has 1 aliphatic carbocycles. The second-order valence-electron chi connectivity index (χ2n) is 5.93. The number of rotatable bonds is 6. The summed E-state index contributed by atoms with van der Waals surface area (Å²) in [7, 11) is 0. The van der Waals surface area contributed by atoms with Gasteiger partial charge in [0, 0.05) is 17.0 Å². The van der Waals surface area contributed by atoms with E-state index in [1.165, 1.54) is 12.1 Å². The Kier molecular flexibility index (Phi) is 4.97. The number of benzene rings is 2. The molecule has 1 aliphatic rings. The van der Waals surface area contributed by atoms with Crippen LogP contribution in [0.2, 0.25) is 10.0 Å². The van der Waals surface area contributed by atoms with Gasteiger partial charge >= 0.3 is 0 Å². The molecule has 0 heterocycles. The molecule has 0 spiro atoms. The van der Waals surface area contributed by atoms with Crippen LogP contribution in [0.4, 0.5) is 4.39 Å². The second-order valence-corrected chi connectivity index (χ2v) is 6.77. The zero-order chi connectivity index (χ0) is 17.2. The fourth-order valence-electron chi connectivity index (χ4n) is 2.58. The van der Waals surface area contributed by atoms with E-state index in [9.17, 15) is 9.18 Å². The molecule has 1 amide bonds. The lowest BCUT2D eigenvalue weighted by Gasteiger charge is -2.17. The Labute approximate surface area is 149 Å². The number of hydrogen-bond donors (Lipinski definition) is 1. The lowest BCUT2D eigenvalue weighted by atomic mass is 9.96. The van der Waals surface area contributed by atoms with Crippen LogP contribution in [0.25, 0.3) is 0 Å². The maximum atomic E-state index is 13.0. The SMILES string of the molecule is O=C(COc1ccc(Cl)cc1Cl)NCC1(c2ccc(F)cc2)CC1. The molecular formula is C18H16Cl2FNO2. The number of ether oxygens (including phenoxy) is 1. The van der Waals surface area contributed by atoms with Gasteiger partial charge in [-0.25, -0.2) is 4.39 Å². The summed E-state index contributed by atoms with van der Waals surface area (Å²) in [6, 6.07) is 11.3. The first-order valence-corrected chi connectivity index (χ1v) is 8.35. The van der Waals surface area contributed by atoms with Crippen molar-refractivity contribution >= 4 is 29.1 Å². The molecule has 1 N–H and O–H groups in total. The fourth-order valence-corrected chi connectivity index (χ4v) is 3.04. The molecule has 0 unspecified atom stereocenters. The first-order valence-electron chi connectivity index (χ1n) is 7.59. The van der Waals surface area contributed by atoms with Gasteiger partial charge in [0.2, 0.25) is 0 Å². The highest BCUT2D eigenvalue weighted by Gasteiger charge is 2.44. The predicted molar refractivity (Wildman–Crippen MR) is 92.3 cm³/mol. The van der Waals surface area contributed by atoms with Crippen LogP contribution in [0, 0.1) is 5.82 Å². The van der Waals surface area contributed by atoms with Gasteiger partial charge in [-0.2, -0.15) is 0 Å². The Morgan fingerprint density at radius 2 is 1.88 bits per heavy atom. The van der Waals surface area contributed by atoms with Crippen LogP contribution in [0.3, 0.4) is 0 Å². The highest BCUT2D eigenvalue weighted by molar-refractivity contribution is 6.35. The van der Waals surface area contributed by atoms with E-state index in [-0.39, 0.29) is 23.7 Å². The first kappa shape index (κ1) is 17.1. The number of carbonyl (C=O) groups is 1. The van der Waals surface area contributed by atoms with Crippen LogP contribution in [0.1, 0.15) is 18.4 Å². The molecule has 0 radical (unpaired) electrons. The minimum absolute atomic E-state index is 0.0821. The number of amides is 1. The number of hydrogen-bond acceptors (Lipinski definition) is 2. The molecule has 0 saturated heterocycles. The Balaban J connectivity index is 1.51. The van der Waals surface area contributed by atoms with Crippen LogP contribution in [0.15, 0.2) is 42.5 Å². The summed E-state index contributed by atoms with van der Waals surface area (Å²) >= 11 is 11.8. The summed E-state index contributed by atoms with van der Waals surface area (Å²) in [5, 5.41) is 3.74. The molecule has 2 aromatic rings. The number of halogens is 3. The molecule has 6 heteroatoms. The zero-order valence-corrected chi connectivity index (χ0v) is 14.3. The highest BCUT2D eigenvalue weighted by Crippen LogP contribution is 2.47. The van der Waals surface area contributed by atoms with Crippen molar-refractivity contribution < 1.29 is 13.9 Å². The third-order valence-electron chi connectivity index (χ3n) is 4.19. The third-order valence-corrected chi connectivity index (χ3v) is 4.72. The van der Waals surface area contributed by atoms with Crippen molar-refractivity contribution in [2.75, 3.05) is 13.2 Å². The lowest BCUT2D eigenvalue weighted by Crippen LogP contribution is -2.35. The topological polar surface area (TPSA) is 38.3 Å². The summed E-state index contributed by atoms with van der Waals surface area (Å²) in [6.45, 7) is 0.385. The van der Waals surface area contributed by atoms with E-state index < -0.39 is 0 Å². The largest absolute Gasteiger partial charge is 0.482 e. The normalized spacial score (nSPS) is 15.0. The maximum Gasteiger partial charge on any atom is 0.257 e. The van der Waals surface area contributed by atoms with Gasteiger partial charge in [-0.15, -0.1) is 0 Å². The minimum atomic E-state index is -0.258. The minimum Gasteiger partial charge on any atom is -0.482 e. The van der Waals surface area contributed by atoms with E-state index in [4.69, 9.17) is 27.9 Å². The molecule has 3 nitrogen and oxygen atoms in total. The van der Waals surface area contributed by atoms with Gasteiger partial charge in [0.15, 0.2) is 6.61 Å². The Bertz CT molecular complexity index is 745. The summed E-state index contributed by atoms with van der Waals surface area (Å²) in [5.41, 5.74) is 0.965. The summed E-state index contributed by atoms with van der Waals surface area (Å²) in [6.07, 6.45) is 1.95. The molecule has 126 valence electrons. The Hall–Kier alpha value is -1.78. The van der Waals surface area contributed by atoms with E-state index in [0.29, 0.717) is 22.3 Å². The Morgan fingerprint density at radius 3 is 2.50 bits per heavy atom. The summed E-state index contributed by atoms with van der Waals surface area (Å²) in [5.74, 6) is -0.0721. The van der Waals surface area contributed by atoms with Crippen LogP contribution in [0.5, 0.6) is 5.75 Å².